The van der Waals surface area contributed by atoms with Crippen LogP contribution in [-0.2, 0) is 14.4 Å². The van der Waals surface area contributed by atoms with Gasteiger partial charge in [-0.1, -0.05) is 67.8 Å². The Morgan fingerprint density at radius 3 is 1.69 bits per heavy atom. The van der Waals surface area contributed by atoms with Crippen molar-refractivity contribution in [1.29, 1.82) is 0 Å². The standard InChI is InChI=1S/C27H28N2O3/c1-28(16-9-3-2-4-10-16)21(30)15-29-26(31)24-22-17-11-5-6-12-18(17)23(25(24)27(29)32)20-14-8-7-13-19(20)22/h5-8,11-14,16,22-25H,2-4,9-10,15H2,1H3. The lowest BCUT2D eigenvalue weighted by molar-refractivity contribution is -0.147. The monoisotopic (exact) mass is 428 g/mol. The summed E-state index contributed by atoms with van der Waals surface area (Å²) in [7, 11) is 1.83. The summed E-state index contributed by atoms with van der Waals surface area (Å²) >= 11 is 0. The van der Waals surface area contributed by atoms with Crippen molar-refractivity contribution >= 4 is 17.7 Å². The summed E-state index contributed by atoms with van der Waals surface area (Å²) in [6.45, 7) is -0.135. The summed E-state index contributed by atoms with van der Waals surface area (Å²) in [5.41, 5.74) is 4.63. The fraction of sp³-hybridized carbons (Fsp3) is 0.444. The van der Waals surface area contributed by atoms with Crippen molar-refractivity contribution < 1.29 is 14.4 Å². The zero-order valence-electron chi connectivity index (χ0n) is 18.4. The molecule has 5 heteroatoms. The number of nitrogens with zero attached hydrogens (tertiary/aromatic N) is 2. The van der Waals surface area contributed by atoms with Gasteiger partial charge in [0, 0.05) is 24.9 Å². The molecule has 1 aliphatic heterocycles. The molecule has 4 aliphatic carbocycles. The van der Waals surface area contributed by atoms with Crippen LogP contribution in [0.1, 0.15) is 66.2 Å². The molecular formula is C27H28N2O3. The molecule has 5 aliphatic rings. The number of hydrogen-bond donors (Lipinski definition) is 0. The van der Waals surface area contributed by atoms with Gasteiger partial charge >= 0.3 is 0 Å². The Kier molecular flexibility index (Phi) is 4.49. The second-order valence-electron chi connectivity index (χ2n) is 9.82. The van der Waals surface area contributed by atoms with E-state index < -0.39 is 11.8 Å². The molecule has 2 atom stereocenters. The Hall–Kier alpha value is -2.95. The molecule has 2 bridgehead atoms. The predicted octanol–water partition coefficient (Wildman–Crippen LogP) is 3.67. The van der Waals surface area contributed by atoms with Gasteiger partial charge in [-0.3, -0.25) is 19.3 Å². The van der Waals surface area contributed by atoms with Gasteiger partial charge in [0.15, 0.2) is 0 Å². The Balaban J connectivity index is 1.34. The SMILES string of the molecule is CN(C(=O)CN1C(=O)C2C3c4ccccc4C(c4ccccc43)C2C1=O)C1CCCCC1. The molecule has 1 saturated carbocycles. The van der Waals surface area contributed by atoms with E-state index in [0.29, 0.717) is 0 Å². The topological polar surface area (TPSA) is 57.7 Å². The van der Waals surface area contributed by atoms with Gasteiger partial charge in [0.1, 0.15) is 6.54 Å². The van der Waals surface area contributed by atoms with E-state index in [1.54, 1.807) is 4.90 Å². The van der Waals surface area contributed by atoms with Gasteiger partial charge in [-0.15, -0.1) is 0 Å². The molecule has 7 rings (SSSR count). The average molecular weight is 429 g/mol. The molecular weight excluding hydrogens is 400 g/mol. The highest BCUT2D eigenvalue weighted by atomic mass is 16.2. The number of amides is 3. The maximum atomic E-state index is 13.6. The van der Waals surface area contributed by atoms with E-state index in [2.05, 4.69) is 24.3 Å². The number of carbonyl (C=O) groups is 3. The summed E-state index contributed by atoms with van der Waals surface area (Å²) in [5, 5.41) is 0. The largest absolute Gasteiger partial charge is 0.341 e. The third-order valence-electron chi connectivity index (χ3n) is 8.35. The molecule has 1 heterocycles. The van der Waals surface area contributed by atoms with Crippen LogP contribution in [0.2, 0.25) is 0 Å². The van der Waals surface area contributed by atoms with E-state index in [4.69, 9.17) is 0 Å². The van der Waals surface area contributed by atoms with E-state index in [9.17, 15) is 14.4 Å². The Morgan fingerprint density at radius 1 is 0.812 bits per heavy atom. The second kappa shape index (κ2) is 7.29. The Morgan fingerprint density at radius 2 is 1.25 bits per heavy atom. The van der Waals surface area contributed by atoms with E-state index in [-0.39, 0.29) is 42.1 Å². The second-order valence-corrected chi connectivity index (χ2v) is 9.82. The minimum absolute atomic E-state index is 0.120. The van der Waals surface area contributed by atoms with Gasteiger partial charge in [0.25, 0.3) is 0 Å². The molecule has 0 N–H and O–H groups in total. The van der Waals surface area contributed by atoms with Crippen molar-refractivity contribution in [3.63, 3.8) is 0 Å². The number of rotatable bonds is 3. The minimum atomic E-state index is -0.412. The highest BCUT2D eigenvalue weighted by molar-refractivity contribution is 6.09. The van der Waals surface area contributed by atoms with Crippen molar-refractivity contribution in [3.8, 4) is 0 Å². The van der Waals surface area contributed by atoms with Gasteiger partial charge in [-0.25, -0.2) is 0 Å². The van der Waals surface area contributed by atoms with Crippen LogP contribution in [0.4, 0.5) is 0 Å². The van der Waals surface area contributed by atoms with Gasteiger partial charge in [0.2, 0.25) is 17.7 Å². The van der Waals surface area contributed by atoms with Gasteiger partial charge in [-0.05, 0) is 35.1 Å². The zero-order chi connectivity index (χ0) is 22.0. The average Bonchev–Trinajstić information content (AvgIpc) is 3.09. The first-order valence-corrected chi connectivity index (χ1v) is 11.9. The highest BCUT2D eigenvalue weighted by Crippen LogP contribution is 2.60. The van der Waals surface area contributed by atoms with Gasteiger partial charge < -0.3 is 4.90 Å². The van der Waals surface area contributed by atoms with Crippen LogP contribution in [0.15, 0.2) is 48.5 Å². The quantitative estimate of drug-likeness (QED) is 0.701. The van der Waals surface area contributed by atoms with Crippen LogP contribution in [0, 0.1) is 11.8 Å². The van der Waals surface area contributed by atoms with Crippen LogP contribution < -0.4 is 0 Å². The number of imide groups is 1. The third kappa shape index (κ3) is 2.66. The number of likely N-dealkylation sites (N-methyl/N-ethyl adjacent to an activating group) is 1. The summed E-state index contributed by atoms with van der Waals surface area (Å²) in [6.07, 6.45) is 5.49. The number of likely N-dealkylation sites (tertiary alicyclic amines) is 1. The molecule has 0 radical (unpaired) electrons. The maximum absolute atomic E-state index is 13.6. The molecule has 0 aromatic heterocycles. The summed E-state index contributed by atoms with van der Waals surface area (Å²) in [4.78, 5) is 43.4. The summed E-state index contributed by atoms with van der Waals surface area (Å²) < 4.78 is 0. The van der Waals surface area contributed by atoms with Crippen LogP contribution >= 0.6 is 0 Å². The van der Waals surface area contributed by atoms with E-state index in [0.717, 1.165) is 47.9 Å². The van der Waals surface area contributed by atoms with Crippen LogP contribution in [0.25, 0.3) is 0 Å². The first kappa shape index (κ1) is 19.7. The lowest BCUT2D eigenvalue weighted by atomic mass is 9.55. The maximum Gasteiger partial charge on any atom is 0.242 e. The molecule has 2 unspecified atom stereocenters. The molecule has 3 amide bonds. The van der Waals surface area contributed by atoms with Gasteiger partial charge in [0.05, 0.1) is 11.8 Å². The molecule has 32 heavy (non-hydrogen) atoms. The number of benzene rings is 2. The lowest BCUT2D eigenvalue weighted by Crippen LogP contribution is -2.46. The first-order valence-electron chi connectivity index (χ1n) is 11.9. The summed E-state index contributed by atoms with van der Waals surface area (Å²) in [6, 6.07) is 16.7. The molecule has 1 saturated heterocycles. The first-order chi connectivity index (χ1) is 15.6. The summed E-state index contributed by atoms with van der Waals surface area (Å²) in [5.74, 6) is -1.54. The molecule has 5 nitrogen and oxygen atoms in total. The smallest absolute Gasteiger partial charge is 0.242 e. The van der Waals surface area contributed by atoms with Crippen LogP contribution in [0.3, 0.4) is 0 Å². The minimum Gasteiger partial charge on any atom is -0.341 e. The normalized spacial score (nSPS) is 28.3. The van der Waals surface area contributed by atoms with E-state index >= 15 is 0 Å². The van der Waals surface area contributed by atoms with E-state index in [1.807, 2.05) is 31.3 Å². The molecule has 0 spiro atoms. The fourth-order valence-corrected chi connectivity index (χ4v) is 6.81. The Bertz CT molecular complexity index is 1000. The van der Waals surface area contributed by atoms with Crippen molar-refractivity contribution in [2.24, 2.45) is 11.8 Å². The van der Waals surface area contributed by atoms with Crippen molar-refractivity contribution in [2.45, 2.75) is 50.0 Å². The van der Waals surface area contributed by atoms with Crippen molar-refractivity contribution in [3.05, 3.63) is 70.8 Å². The van der Waals surface area contributed by atoms with Crippen LogP contribution in [-0.4, -0.2) is 47.2 Å². The fourth-order valence-electron chi connectivity index (χ4n) is 6.81. The lowest BCUT2D eigenvalue weighted by Gasteiger charge is -2.45. The Labute approximate surface area is 188 Å². The van der Waals surface area contributed by atoms with Crippen LogP contribution in [0.5, 0.6) is 0 Å². The van der Waals surface area contributed by atoms with Crippen molar-refractivity contribution in [2.75, 3.05) is 13.6 Å². The molecule has 164 valence electrons. The predicted molar refractivity (Wildman–Crippen MR) is 120 cm³/mol. The van der Waals surface area contributed by atoms with Crippen molar-refractivity contribution in [1.82, 2.24) is 9.80 Å². The molecule has 2 aromatic carbocycles. The zero-order valence-corrected chi connectivity index (χ0v) is 18.4. The number of carbonyl (C=O) groups excluding carboxylic acids is 3. The van der Waals surface area contributed by atoms with E-state index in [1.165, 1.54) is 11.3 Å². The highest BCUT2D eigenvalue weighted by Gasteiger charge is 2.61. The third-order valence-corrected chi connectivity index (χ3v) is 8.35. The molecule has 2 aromatic rings. The van der Waals surface area contributed by atoms with Gasteiger partial charge in [-0.2, -0.15) is 0 Å². The molecule has 2 fully saturated rings. The number of hydrogen-bond acceptors (Lipinski definition) is 3.